The van der Waals surface area contributed by atoms with Gasteiger partial charge in [-0.1, -0.05) is 18.2 Å². The normalized spacial score (nSPS) is 37.0. The van der Waals surface area contributed by atoms with Gasteiger partial charge in [0.15, 0.2) is 0 Å². The quantitative estimate of drug-likeness (QED) is 0.666. The molecule has 2 aliphatic rings. The molecule has 2 unspecified atom stereocenters. The van der Waals surface area contributed by atoms with Crippen molar-refractivity contribution in [2.45, 2.75) is 24.8 Å². The van der Waals surface area contributed by atoms with Crippen molar-refractivity contribution >= 4 is 5.97 Å². The third-order valence-corrected chi connectivity index (χ3v) is 2.83. The first kappa shape index (κ1) is 8.51. The van der Waals surface area contributed by atoms with Crippen molar-refractivity contribution in [2.75, 3.05) is 0 Å². The monoisotopic (exact) mass is 179 g/mol. The number of allylic oxidation sites excluding steroid dienone is 3. The second kappa shape index (κ2) is 2.70. The molecule has 0 heterocycles. The number of carboxylic acid groups (broad SMARTS) is 1. The Labute approximate surface area is 76.9 Å². The number of aliphatic carboxylic acids is 1. The molecule has 13 heavy (non-hydrogen) atoms. The highest BCUT2D eigenvalue weighted by atomic mass is 16.4. The van der Waals surface area contributed by atoms with E-state index in [9.17, 15) is 4.79 Å². The molecule has 3 heteroatoms. The highest BCUT2D eigenvalue weighted by Crippen LogP contribution is 2.47. The molecular weight excluding hydrogens is 166 g/mol. The van der Waals surface area contributed by atoms with Crippen LogP contribution in [0.15, 0.2) is 23.8 Å². The molecule has 0 spiro atoms. The van der Waals surface area contributed by atoms with Gasteiger partial charge in [-0.3, -0.25) is 4.79 Å². The van der Waals surface area contributed by atoms with Gasteiger partial charge in [-0.05, 0) is 24.8 Å². The number of rotatable bonds is 2. The molecule has 1 fully saturated rings. The number of hydrogen-bond donors (Lipinski definition) is 2. The number of nitrogens with two attached hydrogens (primary N) is 1. The first-order valence-corrected chi connectivity index (χ1v) is 4.53. The van der Waals surface area contributed by atoms with Gasteiger partial charge in [0.25, 0.3) is 0 Å². The van der Waals surface area contributed by atoms with Crippen LogP contribution in [0.25, 0.3) is 0 Å². The zero-order valence-electron chi connectivity index (χ0n) is 7.36. The molecule has 0 saturated heterocycles. The average molecular weight is 179 g/mol. The van der Waals surface area contributed by atoms with Crippen molar-refractivity contribution < 1.29 is 9.90 Å². The maximum atomic E-state index is 10.8. The van der Waals surface area contributed by atoms with Crippen LogP contribution in [-0.2, 0) is 4.79 Å². The van der Waals surface area contributed by atoms with E-state index in [4.69, 9.17) is 10.8 Å². The van der Waals surface area contributed by atoms with Crippen molar-refractivity contribution in [2.24, 2.45) is 11.7 Å². The van der Waals surface area contributed by atoms with Crippen molar-refractivity contribution in [3.8, 4) is 0 Å². The van der Waals surface area contributed by atoms with Crippen molar-refractivity contribution in [3.05, 3.63) is 23.8 Å². The van der Waals surface area contributed by atoms with Crippen LogP contribution in [0.5, 0.6) is 0 Å². The van der Waals surface area contributed by atoms with E-state index in [1.807, 2.05) is 6.08 Å². The van der Waals surface area contributed by atoms with Crippen LogP contribution in [0.4, 0.5) is 0 Å². The summed E-state index contributed by atoms with van der Waals surface area (Å²) in [5.74, 6) is -0.834. The van der Waals surface area contributed by atoms with Crippen molar-refractivity contribution in [3.63, 3.8) is 0 Å². The first-order valence-electron chi connectivity index (χ1n) is 4.53. The third-order valence-electron chi connectivity index (χ3n) is 2.83. The molecule has 0 bridgehead atoms. The Morgan fingerprint density at radius 1 is 1.62 bits per heavy atom. The van der Waals surface area contributed by atoms with E-state index in [0.717, 1.165) is 18.4 Å². The summed E-state index contributed by atoms with van der Waals surface area (Å²) in [6.07, 6.45) is 8.83. The molecule has 0 amide bonds. The molecular formula is C10H13NO2. The SMILES string of the molecule is NC1(C(=O)O)CC1C1=CCCC=C1. The zero-order chi connectivity index (χ0) is 9.47. The Balaban J connectivity index is 2.10. The van der Waals surface area contributed by atoms with Crippen LogP contribution in [0.3, 0.4) is 0 Å². The summed E-state index contributed by atoms with van der Waals surface area (Å²) in [7, 11) is 0. The summed E-state index contributed by atoms with van der Waals surface area (Å²) in [4.78, 5) is 10.8. The predicted octanol–water partition coefficient (Wildman–Crippen LogP) is 1.06. The van der Waals surface area contributed by atoms with Gasteiger partial charge in [-0.25, -0.2) is 0 Å². The zero-order valence-corrected chi connectivity index (χ0v) is 7.36. The largest absolute Gasteiger partial charge is 0.480 e. The fourth-order valence-corrected chi connectivity index (χ4v) is 1.82. The molecule has 3 N–H and O–H groups in total. The number of carboxylic acids is 1. The van der Waals surface area contributed by atoms with E-state index in [-0.39, 0.29) is 5.92 Å². The van der Waals surface area contributed by atoms with Crippen molar-refractivity contribution in [1.29, 1.82) is 0 Å². The lowest BCUT2D eigenvalue weighted by molar-refractivity contribution is -0.139. The minimum Gasteiger partial charge on any atom is -0.480 e. The number of carbonyl (C=O) groups is 1. The lowest BCUT2D eigenvalue weighted by Crippen LogP contribution is -2.35. The minimum absolute atomic E-state index is 0.0431. The van der Waals surface area contributed by atoms with E-state index in [1.54, 1.807) is 0 Å². The van der Waals surface area contributed by atoms with E-state index in [0.29, 0.717) is 6.42 Å². The lowest BCUT2D eigenvalue weighted by atomic mass is 10.0. The summed E-state index contributed by atoms with van der Waals surface area (Å²) in [5, 5.41) is 8.84. The van der Waals surface area contributed by atoms with E-state index in [1.165, 1.54) is 0 Å². The Morgan fingerprint density at radius 2 is 2.38 bits per heavy atom. The molecule has 2 aliphatic carbocycles. The third kappa shape index (κ3) is 1.29. The molecule has 1 saturated carbocycles. The summed E-state index contributed by atoms with van der Waals surface area (Å²) in [5.41, 5.74) is 5.82. The fourth-order valence-electron chi connectivity index (χ4n) is 1.82. The number of hydrogen-bond acceptors (Lipinski definition) is 2. The van der Waals surface area contributed by atoms with Gasteiger partial charge in [-0.15, -0.1) is 0 Å². The summed E-state index contributed by atoms with van der Waals surface area (Å²) in [6, 6.07) is 0. The summed E-state index contributed by atoms with van der Waals surface area (Å²) >= 11 is 0. The van der Waals surface area contributed by atoms with E-state index < -0.39 is 11.5 Å². The van der Waals surface area contributed by atoms with Gasteiger partial charge in [0, 0.05) is 5.92 Å². The maximum Gasteiger partial charge on any atom is 0.324 e. The van der Waals surface area contributed by atoms with Gasteiger partial charge in [0.2, 0.25) is 0 Å². The maximum absolute atomic E-state index is 10.8. The highest BCUT2D eigenvalue weighted by molar-refractivity contribution is 5.84. The smallest absolute Gasteiger partial charge is 0.324 e. The molecule has 3 nitrogen and oxygen atoms in total. The van der Waals surface area contributed by atoms with Gasteiger partial charge in [0.1, 0.15) is 5.54 Å². The Kier molecular flexibility index (Phi) is 1.77. The minimum atomic E-state index is -0.979. The van der Waals surface area contributed by atoms with E-state index in [2.05, 4.69) is 12.2 Å². The van der Waals surface area contributed by atoms with Gasteiger partial charge in [0.05, 0.1) is 0 Å². The molecule has 0 aromatic carbocycles. The molecule has 0 aliphatic heterocycles. The highest BCUT2D eigenvalue weighted by Gasteiger charge is 2.58. The van der Waals surface area contributed by atoms with E-state index >= 15 is 0 Å². The second-order valence-electron chi connectivity index (χ2n) is 3.79. The second-order valence-corrected chi connectivity index (χ2v) is 3.79. The van der Waals surface area contributed by atoms with Crippen LogP contribution in [-0.4, -0.2) is 16.6 Å². The lowest BCUT2D eigenvalue weighted by Gasteiger charge is -2.08. The van der Waals surface area contributed by atoms with Gasteiger partial charge >= 0.3 is 5.97 Å². The van der Waals surface area contributed by atoms with Crippen LogP contribution in [0, 0.1) is 5.92 Å². The van der Waals surface area contributed by atoms with Gasteiger partial charge in [-0.2, -0.15) is 0 Å². The molecule has 0 aromatic heterocycles. The van der Waals surface area contributed by atoms with Gasteiger partial charge < -0.3 is 10.8 Å². The Bertz CT molecular complexity index is 306. The molecule has 0 radical (unpaired) electrons. The average Bonchev–Trinajstić information content (AvgIpc) is 2.81. The predicted molar refractivity (Wildman–Crippen MR) is 49.1 cm³/mol. The van der Waals surface area contributed by atoms with Crippen molar-refractivity contribution in [1.82, 2.24) is 0 Å². The molecule has 2 atom stereocenters. The molecule has 2 rings (SSSR count). The molecule has 70 valence electrons. The first-order chi connectivity index (χ1) is 6.14. The summed E-state index contributed by atoms with van der Waals surface area (Å²) in [6.45, 7) is 0. The van der Waals surface area contributed by atoms with Crippen LogP contribution in [0.1, 0.15) is 19.3 Å². The Morgan fingerprint density at radius 3 is 2.85 bits per heavy atom. The topological polar surface area (TPSA) is 63.3 Å². The fraction of sp³-hybridized carbons (Fsp3) is 0.500. The standard InChI is InChI=1S/C10H13NO2/c11-10(9(12)13)6-8(10)7-4-2-1-3-5-7/h2,4-5,8H,1,3,6,11H2,(H,12,13). The van der Waals surface area contributed by atoms with Crippen LogP contribution < -0.4 is 5.73 Å². The Hall–Kier alpha value is -1.09. The van der Waals surface area contributed by atoms with Crippen LogP contribution in [0.2, 0.25) is 0 Å². The summed E-state index contributed by atoms with van der Waals surface area (Å²) < 4.78 is 0. The van der Waals surface area contributed by atoms with Crippen LogP contribution >= 0.6 is 0 Å². The molecule has 0 aromatic rings.